The van der Waals surface area contributed by atoms with E-state index in [2.05, 4.69) is 19.3 Å². The highest BCUT2D eigenvalue weighted by Crippen LogP contribution is 2.43. The Hall–Kier alpha value is -0.120. The third-order valence-electron chi connectivity index (χ3n) is 4.02. The van der Waals surface area contributed by atoms with E-state index >= 15 is 0 Å². The van der Waals surface area contributed by atoms with Gasteiger partial charge in [-0.1, -0.05) is 26.7 Å². The molecule has 1 aliphatic carbocycles. The molecule has 0 bridgehead atoms. The number of ether oxygens (including phenoxy) is 1. The van der Waals surface area contributed by atoms with E-state index in [9.17, 15) is 0 Å². The zero-order chi connectivity index (χ0) is 11.3. The second kappa shape index (κ2) is 5.83. The standard InChI is InChI=1S/C12H26N2O/c1-10(6-9-15-3)11(14-13)12(2)7-4-5-8-12/h10-11,14H,4-9,13H2,1-3H3. The number of hydrazine groups is 1. The molecule has 15 heavy (non-hydrogen) atoms. The maximum Gasteiger partial charge on any atom is 0.0465 e. The molecule has 0 aromatic rings. The fourth-order valence-corrected chi connectivity index (χ4v) is 3.02. The molecule has 2 atom stereocenters. The van der Waals surface area contributed by atoms with Crippen LogP contribution < -0.4 is 11.3 Å². The molecule has 1 saturated carbocycles. The number of rotatable bonds is 6. The summed E-state index contributed by atoms with van der Waals surface area (Å²) in [6.45, 7) is 5.47. The average molecular weight is 214 g/mol. The van der Waals surface area contributed by atoms with Gasteiger partial charge in [-0.15, -0.1) is 0 Å². The fraction of sp³-hybridized carbons (Fsp3) is 1.00. The van der Waals surface area contributed by atoms with Crippen molar-refractivity contribution < 1.29 is 4.74 Å². The third kappa shape index (κ3) is 3.16. The van der Waals surface area contributed by atoms with Crippen LogP contribution in [0.15, 0.2) is 0 Å². The first kappa shape index (κ1) is 12.9. The highest BCUT2D eigenvalue weighted by Gasteiger charge is 2.38. The number of hydrogen-bond acceptors (Lipinski definition) is 3. The Labute approximate surface area is 93.7 Å². The van der Waals surface area contributed by atoms with Gasteiger partial charge in [0, 0.05) is 19.8 Å². The van der Waals surface area contributed by atoms with Gasteiger partial charge in [0.15, 0.2) is 0 Å². The monoisotopic (exact) mass is 214 g/mol. The minimum atomic E-state index is 0.391. The summed E-state index contributed by atoms with van der Waals surface area (Å²) in [7, 11) is 1.76. The van der Waals surface area contributed by atoms with Crippen molar-refractivity contribution >= 4 is 0 Å². The zero-order valence-electron chi connectivity index (χ0n) is 10.4. The number of nitrogens with one attached hydrogen (secondary N) is 1. The normalized spacial score (nSPS) is 24.0. The van der Waals surface area contributed by atoms with E-state index in [0.717, 1.165) is 13.0 Å². The molecular formula is C12H26N2O. The molecule has 3 heteroatoms. The van der Waals surface area contributed by atoms with Gasteiger partial charge in [-0.2, -0.15) is 0 Å². The molecule has 0 amide bonds. The Morgan fingerprint density at radius 2 is 2.00 bits per heavy atom. The molecule has 1 aliphatic rings. The maximum atomic E-state index is 5.72. The van der Waals surface area contributed by atoms with Crippen LogP contribution in [-0.4, -0.2) is 19.8 Å². The third-order valence-corrected chi connectivity index (χ3v) is 4.02. The molecule has 0 radical (unpaired) electrons. The van der Waals surface area contributed by atoms with Gasteiger partial charge in [0.05, 0.1) is 0 Å². The summed E-state index contributed by atoms with van der Waals surface area (Å²) >= 11 is 0. The molecule has 0 aliphatic heterocycles. The molecule has 90 valence electrons. The average Bonchev–Trinajstić information content (AvgIpc) is 2.63. The van der Waals surface area contributed by atoms with Crippen molar-refractivity contribution in [2.45, 2.75) is 52.0 Å². The lowest BCUT2D eigenvalue weighted by molar-refractivity contribution is 0.124. The molecule has 1 rings (SSSR count). The second-order valence-corrected chi connectivity index (χ2v) is 5.26. The Morgan fingerprint density at radius 3 is 2.47 bits per heavy atom. The Morgan fingerprint density at radius 1 is 1.40 bits per heavy atom. The van der Waals surface area contributed by atoms with Crippen molar-refractivity contribution in [3.05, 3.63) is 0 Å². The molecule has 3 nitrogen and oxygen atoms in total. The molecule has 0 aromatic heterocycles. The SMILES string of the molecule is COCCC(C)C(NN)C1(C)CCCC1. The lowest BCUT2D eigenvalue weighted by atomic mass is 9.74. The smallest absolute Gasteiger partial charge is 0.0465 e. The largest absolute Gasteiger partial charge is 0.385 e. The quantitative estimate of drug-likeness (QED) is 0.525. The summed E-state index contributed by atoms with van der Waals surface area (Å²) < 4.78 is 5.13. The molecule has 0 aromatic carbocycles. The number of hydrogen-bond donors (Lipinski definition) is 2. The molecule has 0 heterocycles. The van der Waals surface area contributed by atoms with Gasteiger partial charge in [-0.05, 0) is 30.6 Å². The maximum absolute atomic E-state index is 5.72. The van der Waals surface area contributed by atoms with Gasteiger partial charge in [-0.3, -0.25) is 11.3 Å². The highest BCUT2D eigenvalue weighted by atomic mass is 16.5. The number of methoxy groups -OCH3 is 1. The van der Waals surface area contributed by atoms with E-state index in [1.54, 1.807) is 7.11 Å². The lowest BCUT2D eigenvalue weighted by Gasteiger charge is -2.37. The van der Waals surface area contributed by atoms with Crippen molar-refractivity contribution in [2.75, 3.05) is 13.7 Å². The topological polar surface area (TPSA) is 47.3 Å². The first-order valence-electron chi connectivity index (χ1n) is 6.09. The summed E-state index contributed by atoms with van der Waals surface area (Å²) in [6.07, 6.45) is 6.40. The van der Waals surface area contributed by atoms with Crippen LogP contribution in [0.4, 0.5) is 0 Å². The van der Waals surface area contributed by atoms with Crippen molar-refractivity contribution in [2.24, 2.45) is 17.2 Å². The van der Waals surface area contributed by atoms with Crippen molar-refractivity contribution in [3.63, 3.8) is 0 Å². The minimum absolute atomic E-state index is 0.391. The lowest BCUT2D eigenvalue weighted by Crippen LogP contribution is -2.50. The first-order valence-corrected chi connectivity index (χ1v) is 6.09. The van der Waals surface area contributed by atoms with Crippen LogP contribution in [0.25, 0.3) is 0 Å². The van der Waals surface area contributed by atoms with E-state index in [4.69, 9.17) is 10.6 Å². The first-order chi connectivity index (χ1) is 7.14. The van der Waals surface area contributed by atoms with Crippen LogP contribution in [0.5, 0.6) is 0 Å². The summed E-state index contributed by atoms with van der Waals surface area (Å²) in [4.78, 5) is 0. The highest BCUT2D eigenvalue weighted by molar-refractivity contribution is 4.92. The Kier molecular flexibility index (Phi) is 5.03. The van der Waals surface area contributed by atoms with Crippen LogP contribution in [0.2, 0.25) is 0 Å². The van der Waals surface area contributed by atoms with Crippen LogP contribution in [-0.2, 0) is 4.74 Å². The van der Waals surface area contributed by atoms with Gasteiger partial charge in [-0.25, -0.2) is 0 Å². The predicted molar refractivity (Wildman–Crippen MR) is 63.3 cm³/mol. The summed E-state index contributed by atoms with van der Waals surface area (Å²) in [5.41, 5.74) is 3.43. The van der Waals surface area contributed by atoms with Crippen molar-refractivity contribution in [3.8, 4) is 0 Å². The Balaban J connectivity index is 2.53. The van der Waals surface area contributed by atoms with E-state index in [0.29, 0.717) is 17.4 Å². The van der Waals surface area contributed by atoms with E-state index in [-0.39, 0.29) is 0 Å². The van der Waals surface area contributed by atoms with Crippen LogP contribution in [0.3, 0.4) is 0 Å². The van der Waals surface area contributed by atoms with E-state index < -0.39 is 0 Å². The van der Waals surface area contributed by atoms with Gasteiger partial charge in [0.25, 0.3) is 0 Å². The van der Waals surface area contributed by atoms with Crippen LogP contribution >= 0.6 is 0 Å². The van der Waals surface area contributed by atoms with Gasteiger partial charge < -0.3 is 4.74 Å². The molecule has 0 spiro atoms. The van der Waals surface area contributed by atoms with E-state index in [1.165, 1.54) is 25.7 Å². The van der Waals surface area contributed by atoms with E-state index in [1.807, 2.05) is 0 Å². The van der Waals surface area contributed by atoms with Crippen LogP contribution in [0.1, 0.15) is 46.0 Å². The predicted octanol–water partition coefficient (Wildman–Crippen LogP) is 2.07. The summed E-state index contributed by atoms with van der Waals surface area (Å²) in [5.74, 6) is 6.30. The fourth-order valence-electron chi connectivity index (χ4n) is 3.02. The van der Waals surface area contributed by atoms with Gasteiger partial charge >= 0.3 is 0 Å². The molecule has 3 N–H and O–H groups in total. The molecule has 2 unspecified atom stereocenters. The number of nitrogens with two attached hydrogens (primary N) is 1. The van der Waals surface area contributed by atoms with Crippen LogP contribution in [0, 0.1) is 11.3 Å². The summed E-state index contributed by atoms with van der Waals surface area (Å²) in [5, 5.41) is 0. The second-order valence-electron chi connectivity index (χ2n) is 5.26. The molecule has 1 fully saturated rings. The van der Waals surface area contributed by atoms with Gasteiger partial charge in [0.2, 0.25) is 0 Å². The summed E-state index contributed by atoms with van der Waals surface area (Å²) in [6, 6.07) is 0.426. The zero-order valence-corrected chi connectivity index (χ0v) is 10.4. The molecular weight excluding hydrogens is 188 g/mol. The Bertz CT molecular complexity index is 178. The minimum Gasteiger partial charge on any atom is -0.385 e. The van der Waals surface area contributed by atoms with Gasteiger partial charge in [0.1, 0.15) is 0 Å². The van der Waals surface area contributed by atoms with Crippen molar-refractivity contribution in [1.29, 1.82) is 0 Å². The molecule has 0 saturated heterocycles. The van der Waals surface area contributed by atoms with Crippen molar-refractivity contribution in [1.82, 2.24) is 5.43 Å².